The molecule has 0 saturated heterocycles. The van der Waals surface area contributed by atoms with Gasteiger partial charge in [-0.1, -0.05) is 0 Å². The van der Waals surface area contributed by atoms with Gasteiger partial charge in [0.25, 0.3) is 0 Å². The number of hydrogen-bond acceptors (Lipinski definition) is 3. The molecule has 1 aromatic rings. The first-order chi connectivity index (χ1) is 8.51. The molecule has 0 saturated carbocycles. The third kappa shape index (κ3) is 5.00. The van der Waals surface area contributed by atoms with Crippen LogP contribution in [0.3, 0.4) is 0 Å². The Hall–Kier alpha value is -0.800. The number of hydrogen-bond donors (Lipinski definition) is 2. The van der Waals surface area contributed by atoms with E-state index < -0.39 is 28.7 Å². The highest BCUT2D eigenvalue weighted by atomic mass is 79.9. The summed E-state index contributed by atoms with van der Waals surface area (Å²) in [7, 11) is -4.02. The van der Waals surface area contributed by atoms with E-state index in [4.69, 9.17) is 5.73 Å². The van der Waals surface area contributed by atoms with E-state index in [2.05, 4.69) is 15.9 Å². The Labute approximate surface area is 117 Å². The van der Waals surface area contributed by atoms with Gasteiger partial charge in [0.15, 0.2) is 0 Å². The number of sulfonamides is 1. The second-order valence-electron chi connectivity index (χ2n) is 4.02. The van der Waals surface area contributed by atoms with E-state index in [-0.39, 0.29) is 10.6 Å². The first-order valence-corrected chi connectivity index (χ1v) is 7.43. The predicted octanol–water partition coefficient (Wildman–Crippen LogP) is 2.65. The van der Waals surface area contributed by atoms with Crippen molar-refractivity contribution in [3.05, 3.63) is 22.7 Å². The summed E-state index contributed by atoms with van der Waals surface area (Å²) in [4.78, 5) is -0.178. The number of halogens is 4. The summed E-state index contributed by atoms with van der Waals surface area (Å²) in [6.07, 6.45) is -5.67. The van der Waals surface area contributed by atoms with Crippen molar-refractivity contribution in [3.63, 3.8) is 0 Å². The highest BCUT2D eigenvalue weighted by molar-refractivity contribution is 9.10. The molecular formula is C10H12BrF3N2O2S. The monoisotopic (exact) mass is 360 g/mol. The topological polar surface area (TPSA) is 72.2 Å². The molecule has 1 atom stereocenters. The van der Waals surface area contributed by atoms with Gasteiger partial charge in [-0.25, -0.2) is 13.1 Å². The molecule has 0 aromatic heterocycles. The van der Waals surface area contributed by atoms with Crippen molar-refractivity contribution in [2.45, 2.75) is 30.5 Å². The van der Waals surface area contributed by atoms with E-state index >= 15 is 0 Å². The molecule has 0 fully saturated rings. The minimum Gasteiger partial charge on any atom is -0.398 e. The number of nitrogen functional groups attached to an aromatic ring is 1. The fourth-order valence-electron chi connectivity index (χ4n) is 1.41. The summed E-state index contributed by atoms with van der Waals surface area (Å²) >= 11 is 3.10. The minimum absolute atomic E-state index is 0.178. The van der Waals surface area contributed by atoms with Crippen LogP contribution < -0.4 is 10.5 Å². The second kappa shape index (κ2) is 5.68. The molecule has 0 heterocycles. The van der Waals surface area contributed by atoms with E-state index in [1.807, 2.05) is 4.72 Å². The quantitative estimate of drug-likeness (QED) is 0.810. The highest BCUT2D eigenvalue weighted by Gasteiger charge is 2.32. The standard InChI is InChI=1S/C10H12BrF3N2O2S/c1-6(5-10(12,13)14)16-19(17,18)7-2-3-8(11)9(15)4-7/h2-4,6,16H,5,15H2,1H3. The van der Waals surface area contributed by atoms with E-state index in [1.54, 1.807) is 0 Å². The summed E-state index contributed by atoms with van der Waals surface area (Å²) in [5, 5.41) is 0. The van der Waals surface area contributed by atoms with E-state index in [9.17, 15) is 21.6 Å². The largest absolute Gasteiger partial charge is 0.398 e. The lowest BCUT2D eigenvalue weighted by Gasteiger charge is -2.16. The molecule has 0 aliphatic carbocycles. The minimum atomic E-state index is -4.43. The lowest BCUT2D eigenvalue weighted by atomic mass is 10.2. The average Bonchev–Trinajstić information content (AvgIpc) is 2.17. The van der Waals surface area contributed by atoms with Crippen LogP contribution in [0.5, 0.6) is 0 Å². The zero-order valence-corrected chi connectivity index (χ0v) is 12.2. The SMILES string of the molecule is CC(CC(F)(F)F)NS(=O)(=O)c1ccc(Br)c(N)c1. The Morgan fingerprint density at radius 2 is 2.00 bits per heavy atom. The number of rotatable bonds is 4. The zero-order valence-electron chi connectivity index (χ0n) is 9.83. The van der Waals surface area contributed by atoms with Crippen molar-refractivity contribution in [2.24, 2.45) is 0 Å². The molecule has 1 rings (SSSR count). The lowest BCUT2D eigenvalue weighted by Crippen LogP contribution is -2.35. The fraction of sp³-hybridized carbons (Fsp3) is 0.400. The van der Waals surface area contributed by atoms with Crippen LogP contribution in [0.4, 0.5) is 18.9 Å². The van der Waals surface area contributed by atoms with Gasteiger partial charge in [-0.05, 0) is 41.1 Å². The molecular weight excluding hydrogens is 349 g/mol. The first-order valence-electron chi connectivity index (χ1n) is 5.15. The van der Waals surface area contributed by atoms with E-state index in [1.165, 1.54) is 18.2 Å². The Balaban J connectivity index is 2.89. The first kappa shape index (κ1) is 16.3. The molecule has 19 heavy (non-hydrogen) atoms. The van der Waals surface area contributed by atoms with Crippen LogP contribution in [-0.4, -0.2) is 20.6 Å². The predicted molar refractivity (Wildman–Crippen MR) is 69.0 cm³/mol. The Morgan fingerprint density at radius 1 is 1.42 bits per heavy atom. The summed E-state index contributed by atoms with van der Waals surface area (Å²) in [6, 6.07) is 2.59. The van der Waals surface area contributed by atoms with Gasteiger partial charge in [0, 0.05) is 16.2 Å². The van der Waals surface area contributed by atoms with Crippen LogP contribution in [0.1, 0.15) is 13.3 Å². The maximum absolute atomic E-state index is 12.1. The molecule has 4 nitrogen and oxygen atoms in total. The van der Waals surface area contributed by atoms with Gasteiger partial charge in [0.2, 0.25) is 10.0 Å². The third-order valence-corrected chi connectivity index (χ3v) is 4.48. The van der Waals surface area contributed by atoms with Crippen LogP contribution in [0.2, 0.25) is 0 Å². The molecule has 0 spiro atoms. The highest BCUT2D eigenvalue weighted by Crippen LogP contribution is 2.24. The summed E-state index contributed by atoms with van der Waals surface area (Å²) < 4.78 is 62.6. The third-order valence-electron chi connectivity index (χ3n) is 2.17. The van der Waals surface area contributed by atoms with Crippen LogP contribution >= 0.6 is 15.9 Å². The van der Waals surface area contributed by atoms with E-state index in [0.29, 0.717) is 4.47 Å². The van der Waals surface area contributed by atoms with Crippen LogP contribution in [0.15, 0.2) is 27.6 Å². The number of anilines is 1. The smallest absolute Gasteiger partial charge is 0.390 e. The van der Waals surface area contributed by atoms with Gasteiger partial charge in [-0.3, -0.25) is 0 Å². The van der Waals surface area contributed by atoms with Crippen LogP contribution in [0.25, 0.3) is 0 Å². The van der Waals surface area contributed by atoms with Crippen molar-refractivity contribution in [1.82, 2.24) is 4.72 Å². The summed E-state index contributed by atoms with van der Waals surface area (Å²) in [6.45, 7) is 1.15. The number of nitrogens with two attached hydrogens (primary N) is 1. The van der Waals surface area contributed by atoms with Gasteiger partial charge in [0.05, 0.1) is 11.3 Å². The molecule has 108 valence electrons. The van der Waals surface area contributed by atoms with Crippen molar-refractivity contribution in [3.8, 4) is 0 Å². The molecule has 9 heteroatoms. The van der Waals surface area contributed by atoms with Crippen LogP contribution in [-0.2, 0) is 10.0 Å². The Kier molecular flexibility index (Phi) is 4.86. The van der Waals surface area contributed by atoms with E-state index in [0.717, 1.165) is 6.92 Å². The van der Waals surface area contributed by atoms with Gasteiger partial charge in [-0.2, -0.15) is 13.2 Å². The molecule has 1 aromatic carbocycles. The second-order valence-corrected chi connectivity index (χ2v) is 6.59. The molecule has 1 unspecified atom stereocenters. The number of benzene rings is 1. The fourth-order valence-corrected chi connectivity index (χ4v) is 2.94. The van der Waals surface area contributed by atoms with Crippen LogP contribution in [0, 0.1) is 0 Å². The van der Waals surface area contributed by atoms with Crippen molar-refractivity contribution >= 4 is 31.6 Å². The van der Waals surface area contributed by atoms with Gasteiger partial charge in [-0.15, -0.1) is 0 Å². The molecule has 0 radical (unpaired) electrons. The molecule has 0 aliphatic rings. The van der Waals surface area contributed by atoms with Gasteiger partial charge in [0.1, 0.15) is 0 Å². The average molecular weight is 361 g/mol. The van der Waals surface area contributed by atoms with Crippen molar-refractivity contribution < 1.29 is 21.6 Å². The number of alkyl halides is 3. The summed E-state index contributed by atoms with van der Waals surface area (Å²) in [5.74, 6) is 0. The maximum atomic E-state index is 12.1. The lowest BCUT2D eigenvalue weighted by molar-refractivity contribution is -0.137. The zero-order chi connectivity index (χ0) is 14.8. The van der Waals surface area contributed by atoms with Crippen molar-refractivity contribution in [1.29, 1.82) is 0 Å². The normalized spacial score (nSPS) is 14.4. The Morgan fingerprint density at radius 3 is 2.47 bits per heavy atom. The summed E-state index contributed by atoms with van der Waals surface area (Å²) in [5.41, 5.74) is 5.72. The van der Waals surface area contributed by atoms with Gasteiger partial charge < -0.3 is 5.73 Å². The number of nitrogens with one attached hydrogen (secondary N) is 1. The molecule has 3 N–H and O–H groups in total. The maximum Gasteiger partial charge on any atom is 0.390 e. The molecule has 0 amide bonds. The van der Waals surface area contributed by atoms with Gasteiger partial charge >= 0.3 is 6.18 Å². The molecule has 0 aliphatic heterocycles. The molecule has 0 bridgehead atoms. The van der Waals surface area contributed by atoms with Crippen molar-refractivity contribution in [2.75, 3.05) is 5.73 Å². The Bertz CT molecular complexity index is 560.